The summed E-state index contributed by atoms with van der Waals surface area (Å²) >= 11 is 1.70. The first-order valence-corrected chi connectivity index (χ1v) is 12.4. The minimum absolute atomic E-state index is 0.0576. The van der Waals surface area contributed by atoms with Crippen molar-refractivity contribution in [3.8, 4) is 0 Å². The molecule has 2 aliphatic heterocycles. The zero-order valence-electron chi connectivity index (χ0n) is 17.7. The van der Waals surface area contributed by atoms with Gasteiger partial charge >= 0.3 is 0 Å². The van der Waals surface area contributed by atoms with Gasteiger partial charge in [-0.05, 0) is 49.8 Å². The molecule has 3 fully saturated rings. The first-order chi connectivity index (χ1) is 15.2. The number of hydrogen-bond donors (Lipinski definition) is 0. The predicted molar refractivity (Wildman–Crippen MR) is 122 cm³/mol. The fourth-order valence-electron chi connectivity index (χ4n) is 6.13. The molecule has 162 valence electrons. The van der Waals surface area contributed by atoms with E-state index in [1.165, 1.54) is 10.4 Å². The summed E-state index contributed by atoms with van der Waals surface area (Å²) in [7, 11) is 0. The van der Waals surface area contributed by atoms with Crippen LogP contribution in [-0.4, -0.2) is 65.9 Å². The molecule has 1 aromatic heterocycles. The van der Waals surface area contributed by atoms with E-state index < -0.39 is 0 Å². The van der Waals surface area contributed by atoms with Crippen LogP contribution in [0.1, 0.15) is 19.3 Å². The van der Waals surface area contributed by atoms with Crippen LogP contribution in [0.15, 0.2) is 35.9 Å². The van der Waals surface area contributed by atoms with Crippen LogP contribution < -0.4 is 4.90 Å². The summed E-state index contributed by atoms with van der Waals surface area (Å²) in [5, 5.41) is 0. The molecule has 4 atom stereocenters. The largest absolute Gasteiger partial charge is 0.367 e. The maximum Gasteiger partial charge on any atom is 0.233 e. The third-order valence-electron chi connectivity index (χ3n) is 7.72. The Kier molecular flexibility index (Phi) is 4.83. The lowest BCUT2D eigenvalue weighted by Gasteiger charge is -2.36. The molecule has 0 radical (unpaired) electrons. The Morgan fingerprint density at radius 2 is 1.65 bits per heavy atom. The normalized spacial score (nSPS) is 30.2. The number of allylic oxidation sites excluding steroid dienone is 2. The van der Waals surface area contributed by atoms with Gasteiger partial charge in [0.2, 0.25) is 11.8 Å². The number of rotatable bonds is 6. The van der Waals surface area contributed by atoms with Gasteiger partial charge in [0, 0.05) is 32.7 Å². The van der Waals surface area contributed by atoms with Gasteiger partial charge in [-0.2, -0.15) is 0 Å². The molecule has 2 saturated heterocycles. The van der Waals surface area contributed by atoms with Crippen molar-refractivity contribution in [1.29, 1.82) is 0 Å². The van der Waals surface area contributed by atoms with E-state index in [4.69, 9.17) is 0 Å². The fourth-order valence-corrected chi connectivity index (χ4v) is 6.83. The molecule has 31 heavy (non-hydrogen) atoms. The molecule has 1 aromatic carbocycles. The number of imide groups is 1. The van der Waals surface area contributed by atoms with Crippen molar-refractivity contribution in [2.75, 3.05) is 44.2 Å². The van der Waals surface area contributed by atoms with Crippen LogP contribution in [0.5, 0.6) is 0 Å². The smallest absolute Gasteiger partial charge is 0.233 e. The average Bonchev–Trinajstić information content (AvgIpc) is 3.57. The number of aromatic nitrogens is 1. The lowest BCUT2D eigenvalue weighted by Crippen LogP contribution is -2.46. The number of unbranched alkanes of at least 4 members (excludes halogenated alkanes) is 1. The topological polar surface area (TPSA) is 56.8 Å². The second kappa shape index (κ2) is 7.71. The van der Waals surface area contributed by atoms with Gasteiger partial charge in [0.1, 0.15) is 5.52 Å². The lowest BCUT2D eigenvalue weighted by molar-refractivity contribution is -0.140. The van der Waals surface area contributed by atoms with Gasteiger partial charge in [0.25, 0.3) is 0 Å². The van der Waals surface area contributed by atoms with Gasteiger partial charge in [-0.1, -0.05) is 18.2 Å². The summed E-state index contributed by atoms with van der Waals surface area (Å²) < 4.78 is 1.25. The highest BCUT2D eigenvalue weighted by molar-refractivity contribution is 7.16. The molecule has 2 bridgehead atoms. The first kappa shape index (κ1) is 19.4. The Hall–Kier alpha value is -2.25. The second-order valence-electron chi connectivity index (χ2n) is 9.34. The van der Waals surface area contributed by atoms with Gasteiger partial charge in [-0.3, -0.25) is 19.4 Å². The van der Waals surface area contributed by atoms with Crippen LogP contribution in [0, 0.1) is 23.7 Å². The number of carbonyl (C=O) groups is 2. The first-order valence-electron chi connectivity index (χ1n) is 11.5. The number of para-hydroxylation sites is 1. The van der Waals surface area contributed by atoms with Crippen molar-refractivity contribution >= 4 is 39.1 Å². The zero-order chi connectivity index (χ0) is 20.9. The molecule has 3 heterocycles. The molecule has 0 N–H and O–H groups in total. The van der Waals surface area contributed by atoms with Crippen LogP contribution in [0.4, 0.5) is 5.69 Å². The summed E-state index contributed by atoms with van der Waals surface area (Å²) in [5.41, 5.74) is 4.29. The number of benzene rings is 1. The summed E-state index contributed by atoms with van der Waals surface area (Å²) in [6.07, 6.45) is 7.25. The van der Waals surface area contributed by atoms with Crippen molar-refractivity contribution in [2.24, 2.45) is 23.7 Å². The fraction of sp³-hybridized carbons (Fsp3) is 0.542. The highest BCUT2D eigenvalue weighted by Gasteiger charge is 2.58. The van der Waals surface area contributed by atoms with Crippen LogP contribution in [0.2, 0.25) is 0 Å². The zero-order valence-corrected chi connectivity index (χ0v) is 18.5. The Bertz CT molecular complexity index is 1010. The maximum atomic E-state index is 12.8. The molecule has 2 aromatic rings. The monoisotopic (exact) mass is 436 g/mol. The standard InChI is InChI=1S/C24H28N4O2S/c29-23-20-16-6-7-17(14-16)21(20)24(30)28(23)9-2-1-8-26-10-12-27(13-11-26)18-4-3-5-19-22(18)25-15-31-19/h3-7,15-17,20-21H,1-2,8-14H2/t16-,17+,20+,21-. The lowest BCUT2D eigenvalue weighted by atomic mass is 9.85. The summed E-state index contributed by atoms with van der Waals surface area (Å²) in [5.74, 6) is 0.689. The van der Waals surface area contributed by atoms with E-state index >= 15 is 0 Å². The number of amides is 2. The number of hydrogen-bond acceptors (Lipinski definition) is 6. The van der Waals surface area contributed by atoms with E-state index in [9.17, 15) is 9.59 Å². The van der Waals surface area contributed by atoms with Gasteiger partial charge in [-0.25, -0.2) is 4.98 Å². The van der Waals surface area contributed by atoms with E-state index in [-0.39, 0.29) is 23.7 Å². The molecule has 7 heteroatoms. The van der Waals surface area contributed by atoms with Crippen molar-refractivity contribution in [3.05, 3.63) is 35.9 Å². The third-order valence-corrected chi connectivity index (χ3v) is 8.51. The van der Waals surface area contributed by atoms with E-state index in [1.807, 2.05) is 5.51 Å². The maximum absolute atomic E-state index is 12.8. The van der Waals surface area contributed by atoms with Crippen LogP contribution in [0.25, 0.3) is 10.2 Å². The van der Waals surface area contributed by atoms with Gasteiger partial charge in [0.15, 0.2) is 0 Å². The summed E-state index contributed by atoms with van der Waals surface area (Å²) in [6, 6.07) is 6.44. The molecule has 1 saturated carbocycles. The van der Waals surface area contributed by atoms with Crippen LogP contribution >= 0.6 is 11.3 Å². The second-order valence-corrected chi connectivity index (χ2v) is 10.2. The highest BCUT2D eigenvalue weighted by atomic mass is 32.1. The Balaban J connectivity index is 0.972. The number of carbonyl (C=O) groups excluding carboxylic acids is 2. The molecule has 0 unspecified atom stereocenters. The van der Waals surface area contributed by atoms with E-state index in [1.54, 1.807) is 16.2 Å². The number of piperazine rings is 1. The Morgan fingerprint density at radius 3 is 2.39 bits per heavy atom. The number of nitrogens with zero attached hydrogens (tertiary/aromatic N) is 4. The molecule has 6 nitrogen and oxygen atoms in total. The van der Waals surface area contributed by atoms with E-state index in [0.29, 0.717) is 18.4 Å². The molecular weight excluding hydrogens is 408 g/mol. The molecule has 2 aliphatic carbocycles. The van der Waals surface area contributed by atoms with Crippen LogP contribution in [0.3, 0.4) is 0 Å². The van der Waals surface area contributed by atoms with E-state index in [2.05, 4.69) is 45.1 Å². The minimum Gasteiger partial charge on any atom is -0.367 e. The highest BCUT2D eigenvalue weighted by Crippen LogP contribution is 2.52. The number of likely N-dealkylation sites (tertiary alicyclic amines) is 1. The van der Waals surface area contributed by atoms with E-state index in [0.717, 1.165) is 57.5 Å². The van der Waals surface area contributed by atoms with Gasteiger partial charge in [-0.15, -0.1) is 11.3 Å². The number of anilines is 1. The molecular formula is C24H28N4O2S. The van der Waals surface area contributed by atoms with Gasteiger partial charge in [0.05, 0.1) is 27.7 Å². The third kappa shape index (κ3) is 3.21. The van der Waals surface area contributed by atoms with Gasteiger partial charge < -0.3 is 4.90 Å². The summed E-state index contributed by atoms with van der Waals surface area (Å²) in [6.45, 7) is 5.74. The average molecular weight is 437 g/mol. The molecule has 4 aliphatic rings. The van der Waals surface area contributed by atoms with Crippen molar-refractivity contribution in [1.82, 2.24) is 14.8 Å². The van der Waals surface area contributed by atoms with Crippen molar-refractivity contribution < 1.29 is 9.59 Å². The quantitative estimate of drug-likeness (QED) is 0.396. The molecule has 2 amide bonds. The molecule has 0 spiro atoms. The Morgan fingerprint density at radius 1 is 0.935 bits per heavy atom. The van der Waals surface area contributed by atoms with Crippen LogP contribution in [-0.2, 0) is 9.59 Å². The SMILES string of the molecule is O=C1[C@@H]2[C@H](C(=O)N1CCCCN1CCN(c3cccc4scnc34)CC1)[C@H]1C=C[C@@H]2C1. The number of thiazole rings is 1. The van der Waals surface area contributed by atoms with Crippen molar-refractivity contribution in [2.45, 2.75) is 19.3 Å². The minimum atomic E-state index is -0.0576. The Labute approximate surface area is 186 Å². The molecule has 6 rings (SSSR count). The van der Waals surface area contributed by atoms with Crippen molar-refractivity contribution in [3.63, 3.8) is 0 Å². The number of fused-ring (bicyclic) bond motifs is 6. The summed E-state index contributed by atoms with van der Waals surface area (Å²) in [4.78, 5) is 36.6. The predicted octanol–water partition coefficient (Wildman–Crippen LogP) is 3.01.